The monoisotopic (exact) mass is 527 g/mol. The van der Waals surface area contributed by atoms with E-state index in [2.05, 4.69) is 25.2 Å². The number of nitrogens with one attached hydrogen (secondary N) is 1. The van der Waals surface area contributed by atoms with Crippen LogP contribution < -0.4 is 19.9 Å². The zero-order chi connectivity index (χ0) is 27.1. The molecule has 1 aromatic carbocycles. The third-order valence-corrected chi connectivity index (χ3v) is 7.17. The quantitative estimate of drug-likeness (QED) is 0.312. The van der Waals surface area contributed by atoms with Gasteiger partial charge >= 0.3 is 0 Å². The first-order chi connectivity index (χ1) is 18.9. The van der Waals surface area contributed by atoms with Gasteiger partial charge in [0.15, 0.2) is 5.82 Å². The highest BCUT2D eigenvalue weighted by molar-refractivity contribution is 6.47. The Kier molecular flexibility index (Phi) is 6.18. The number of Topliss-reactive ketones (excluding diaryl/α,β-unsaturated/α-hetero) is 1. The van der Waals surface area contributed by atoms with Gasteiger partial charge in [0.1, 0.15) is 18.1 Å². The first-order valence-corrected chi connectivity index (χ1v) is 12.6. The van der Waals surface area contributed by atoms with Crippen LogP contribution in [0.25, 0.3) is 11.3 Å². The molecule has 1 atom stereocenters. The van der Waals surface area contributed by atoms with Crippen LogP contribution in [0.2, 0.25) is 0 Å². The number of halogens is 1. The molecule has 4 aromatic rings. The van der Waals surface area contributed by atoms with Crippen molar-refractivity contribution < 1.29 is 18.7 Å². The van der Waals surface area contributed by atoms with E-state index in [9.17, 15) is 14.0 Å². The van der Waals surface area contributed by atoms with E-state index in [1.165, 1.54) is 12.4 Å². The van der Waals surface area contributed by atoms with Crippen molar-refractivity contribution >= 4 is 29.0 Å². The lowest BCUT2D eigenvalue weighted by Crippen LogP contribution is -2.57. The molecule has 39 heavy (non-hydrogen) atoms. The molecule has 1 fully saturated rings. The maximum atomic E-state index is 13.3. The van der Waals surface area contributed by atoms with Gasteiger partial charge in [0.05, 0.1) is 29.8 Å². The highest BCUT2D eigenvalue weighted by Crippen LogP contribution is 2.37. The molecule has 2 aliphatic heterocycles. The molecule has 0 radical (unpaired) electrons. The van der Waals surface area contributed by atoms with E-state index in [-0.39, 0.29) is 11.7 Å². The smallest absolute Gasteiger partial charge is 0.298 e. The summed E-state index contributed by atoms with van der Waals surface area (Å²) in [6, 6.07) is 12.8. The number of rotatable bonds is 5. The van der Waals surface area contributed by atoms with Crippen LogP contribution >= 0.6 is 0 Å². The van der Waals surface area contributed by atoms with Crippen molar-refractivity contribution in [2.75, 3.05) is 41.4 Å². The number of piperazine rings is 1. The summed E-state index contributed by atoms with van der Waals surface area (Å²) in [5, 5.41) is 2.73. The van der Waals surface area contributed by atoms with Crippen molar-refractivity contribution in [1.29, 1.82) is 0 Å². The molecule has 0 saturated carbocycles. The number of hydrogen-bond acceptors (Lipinski definition) is 8. The molecule has 0 bridgehead atoms. The second-order valence-corrected chi connectivity index (χ2v) is 9.59. The van der Waals surface area contributed by atoms with Gasteiger partial charge in [0.2, 0.25) is 5.95 Å². The number of aryl methyl sites for hydroxylation is 1. The van der Waals surface area contributed by atoms with E-state index in [0.29, 0.717) is 54.9 Å². The summed E-state index contributed by atoms with van der Waals surface area (Å²) in [7, 11) is 1.76. The molecule has 0 aliphatic carbocycles. The highest BCUT2D eigenvalue weighted by Gasteiger charge is 2.34. The van der Waals surface area contributed by atoms with Crippen LogP contribution in [0.3, 0.4) is 0 Å². The number of ether oxygens (including phenoxy) is 1. The van der Waals surface area contributed by atoms with E-state index in [1.807, 2.05) is 36.1 Å². The number of fused-ring (bicyclic) bond motifs is 3. The minimum atomic E-state index is -0.741. The van der Waals surface area contributed by atoms with E-state index < -0.39 is 17.5 Å². The molecule has 10 nitrogen and oxygen atoms in total. The summed E-state index contributed by atoms with van der Waals surface area (Å²) in [6.07, 6.45) is 3.99. The Balaban J connectivity index is 1.18. The summed E-state index contributed by atoms with van der Waals surface area (Å²) >= 11 is 0. The van der Waals surface area contributed by atoms with Crippen LogP contribution in [0.5, 0.6) is 5.75 Å². The maximum absolute atomic E-state index is 13.3. The number of amides is 1. The van der Waals surface area contributed by atoms with Crippen molar-refractivity contribution in [1.82, 2.24) is 19.5 Å². The Bertz CT molecular complexity index is 1560. The van der Waals surface area contributed by atoms with Gasteiger partial charge in [-0.15, -0.1) is 0 Å². The molecule has 6 rings (SSSR count). The topological polar surface area (TPSA) is 105 Å². The van der Waals surface area contributed by atoms with Crippen LogP contribution in [-0.2, 0) is 11.8 Å². The van der Waals surface area contributed by atoms with Crippen LogP contribution in [0, 0.1) is 12.7 Å². The number of carbonyl (C=O) groups is 2. The molecule has 11 heteroatoms. The summed E-state index contributed by atoms with van der Waals surface area (Å²) in [5.41, 5.74) is 3.74. The lowest BCUT2D eigenvalue weighted by Gasteiger charge is -2.45. The van der Waals surface area contributed by atoms with Crippen LogP contribution in [-0.4, -0.2) is 63.5 Å². The fraction of sp³-hybridized carbons (Fsp3) is 0.250. The summed E-state index contributed by atoms with van der Waals surface area (Å²) in [6.45, 7) is 4.31. The first kappa shape index (κ1) is 24.5. The van der Waals surface area contributed by atoms with E-state index in [0.717, 1.165) is 11.4 Å². The molecule has 0 unspecified atom stereocenters. The normalized spacial score (nSPS) is 16.2. The van der Waals surface area contributed by atoms with Crippen molar-refractivity contribution in [3.8, 4) is 17.0 Å². The highest BCUT2D eigenvalue weighted by atomic mass is 19.1. The number of anilines is 3. The number of ketones is 1. The molecule has 1 amide bonds. The van der Waals surface area contributed by atoms with Gasteiger partial charge in [-0.25, -0.2) is 14.4 Å². The standard InChI is InChI=1S/C28H26FN7O3/c1-17-11-21(22-5-3-4-8-30-22)25(34(17)2)26(37)27(38)33-19-6-7-23-24(12-19)39-16-20-15-35(9-10-36(20)23)28-31-13-18(29)14-32-28/h3-8,11-14,20H,9-10,15-16H2,1-2H3,(H,33,38)/t20-/m1/s1. The third kappa shape index (κ3) is 4.56. The fourth-order valence-electron chi connectivity index (χ4n) is 5.11. The zero-order valence-electron chi connectivity index (χ0n) is 21.5. The molecule has 5 heterocycles. The Labute approximate surface area is 224 Å². The second kappa shape index (κ2) is 9.82. The van der Waals surface area contributed by atoms with E-state index in [1.54, 1.807) is 36.0 Å². The molecule has 0 spiro atoms. The van der Waals surface area contributed by atoms with Gasteiger partial charge in [-0.3, -0.25) is 14.6 Å². The summed E-state index contributed by atoms with van der Waals surface area (Å²) in [5.74, 6) is -0.737. The number of hydrogen-bond donors (Lipinski definition) is 1. The molecule has 1 saturated heterocycles. The average Bonchev–Trinajstić information content (AvgIpc) is 3.26. The molecule has 1 N–H and O–H groups in total. The third-order valence-electron chi connectivity index (χ3n) is 7.17. The molecule has 3 aromatic heterocycles. The Morgan fingerprint density at radius 1 is 1.08 bits per heavy atom. The van der Waals surface area contributed by atoms with Crippen LogP contribution in [0.15, 0.2) is 61.1 Å². The predicted octanol–water partition coefficient (Wildman–Crippen LogP) is 3.23. The summed E-state index contributed by atoms with van der Waals surface area (Å²) < 4.78 is 21.0. The van der Waals surface area contributed by atoms with Gasteiger partial charge in [-0.1, -0.05) is 6.07 Å². The van der Waals surface area contributed by atoms with Gasteiger partial charge < -0.3 is 24.4 Å². The SMILES string of the molecule is Cc1cc(-c2ccccn2)c(C(=O)C(=O)Nc2ccc3c(c2)OC[C@H]2CN(c4ncc(F)cn4)CCN32)n1C. The van der Waals surface area contributed by atoms with Gasteiger partial charge in [-0.05, 0) is 37.3 Å². The molecule has 2 aliphatic rings. The van der Waals surface area contributed by atoms with Crippen molar-refractivity contribution in [2.45, 2.75) is 13.0 Å². The Morgan fingerprint density at radius 3 is 2.67 bits per heavy atom. The number of nitrogens with zero attached hydrogens (tertiary/aromatic N) is 6. The van der Waals surface area contributed by atoms with Crippen LogP contribution in [0.1, 0.15) is 16.2 Å². The van der Waals surface area contributed by atoms with Crippen molar-refractivity contribution in [3.63, 3.8) is 0 Å². The number of aromatic nitrogens is 4. The average molecular weight is 528 g/mol. The van der Waals surface area contributed by atoms with E-state index in [4.69, 9.17) is 4.74 Å². The van der Waals surface area contributed by atoms with Crippen molar-refractivity contribution in [2.24, 2.45) is 7.05 Å². The van der Waals surface area contributed by atoms with Gasteiger partial charge in [-0.2, -0.15) is 0 Å². The number of pyridine rings is 1. The lowest BCUT2D eigenvalue weighted by atomic mass is 10.1. The van der Waals surface area contributed by atoms with Gasteiger partial charge in [0, 0.05) is 55.9 Å². The zero-order valence-corrected chi connectivity index (χ0v) is 21.5. The number of carbonyl (C=O) groups excluding carboxylic acids is 2. The minimum absolute atomic E-state index is 0.0625. The maximum Gasteiger partial charge on any atom is 0.298 e. The van der Waals surface area contributed by atoms with Gasteiger partial charge in [0.25, 0.3) is 11.7 Å². The molecular weight excluding hydrogens is 501 g/mol. The summed E-state index contributed by atoms with van der Waals surface area (Å²) in [4.78, 5) is 43.2. The van der Waals surface area contributed by atoms with Crippen LogP contribution in [0.4, 0.5) is 21.7 Å². The predicted molar refractivity (Wildman–Crippen MR) is 144 cm³/mol. The first-order valence-electron chi connectivity index (χ1n) is 12.6. The lowest BCUT2D eigenvalue weighted by molar-refractivity contribution is -0.112. The largest absolute Gasteiger partial charge is 0.489 e. The van der Waals surface area contributed by atoms with Crippen molar-refractivity contribution in [3.05, 3.63) is 78.3 Å². The molecular formula is C28H26FN7O3. The van der Waals surface area contributed by atoms with E-state index >= 15 is 0 Å². The minimum Gasteiger partial charge on any atom is -0.489 e. The fourth-order valence-corrected chi connectivity index (χ4v) is 5.11. The number of benzene rings is 1. The Hall–Kier alpha value is -4.80. The Morgan fingerprint density at radius 2 is 1.90 bits per heavy atom. The molecule has 198 valence electrons. The second-order valence-electron chi connectivity index (χ2n) is 9.59.